The Morgan fingerprint density at radius 2 is 2.38 bits per heavy atom. The van der Waals surface area contributed by atoms with Crippen molar-refractivity contribution in [3.63, 3.8) is 0 Å². The molecule has 0 aliphatic rings. The van der Waals surface area contributed by atoms with Gasteiger partial charge in [0.15, 0.2) is 0 Å². The summed E-state index contributed by atoms with van der Waals surface area (Å²) < 4.78 is 0. The fourth-order valence-corrected chi connectivity index (χ4v) is 0.983. The first kappa shape index (κ1) is 9.92. The molecule has 72 valence electrons. The molecule has 0 radical (unpaired) electrons. The van der Waals surface area contributed by atoms with Crippen LogP contribution in [0.3, 0.4) is 0 Å². The van der Waals surface area contributed by atoms with Crippen molar-refractivity contribution in [1.29, 1.82) is 0 Å². The van der Waals surface area contributed by atoms with E-state index in [4.69, 9.17) is 5.73 Å². The van der Waals surface area contributed by atoms with Crippen molar-refractivity contribution in [2.75, 3.05) is 11.9 Å². The van der Waals surface area contributed by atoms with Gasteiger partial charge in [0.1, 0.15) is 11.6 Å². The molecule has 0 spiro atoms. The van der Waals surface area contributed by atoms with Crippen LogP contribution >= 0.6 is 0 Å². The lowest BCUT2D eigenvalue weighted by molar-refractivity contribution is 0.689. The van der Waals surface area contributed by atoms with Gasteiger partial charge in [-0.1, -0.05) is 0 Å². The van der Waals surface area contributed by atoms with Crippen LogP contribution in [0.25, 0.3) is 0 Å². The number of nitrogens with zero attached hydrogens (tertiary/aromatic N) is 2. The molecule has 1 rings (SSSR count). The lowest BCUT2D eigenvalue weighted by Gasteiger charge is -2.07. The Balaban J connectivity index is 2.37. The van der Waals surface area contributed by atoms with Crippen LogP contribution in [0.15, 0.2) is 12.3 Å². The molecule has 1 heterocycles. The molecule has 0 fully saturated rings. The van der Waals surface area contributed by atoms with E-state index < -0.39 is 0 Å². The topological polar surface area (TPSA) is 63.8 Å². The summed E-state index contributed by atoms with van der Waals surface area (Å²) in [4.78, 5) is 8.21. The van der Waals surface area contributed by atoms with Crippen LogP contribution in [0.2, 0.25) is 0 Å². The summed E-state index contributed by atoms with van der Waals surface area (Å²) in [5.41, 5.74) is 5.61. The van der Waals surface area contributed by atoms with E-state index in [9.17, 15) is 0 Å². The molecule has 0 aliphatic carbocycles. The van der Waals surface area contributed by atoms with E-state index in [2.05, 4.69) is 15.3 Å². The number of hydrogen-bond acceptors (Lipinski definition) is 4. The molecule has 0 amide bonds. The van der Waals surface area contributed by atoms with E-state index in [0.717, 1.165) is 24.6 Å². The van der Waals surface area contributed by atoms with Crippen LogP contribution in [-0.2, 0) is 0 Å². The Bertz CT molecular complexity index is 260. The highest BCUT2D eigenvalue weighted by atomic mass is 15.0. The summed E-state index contributed by atoms with van der Waals surface area (Å²) in [5.74, 6) is 1.65. The van der Waals surface area contributed by atoms with Crippen molar-refractivity contribution in [3.05, 3.63) is 18.1 Å². The zero-order valence-electron chi connectivity index (χ0n) is 8.12. The highest BCUT2D eigenvalue weighted by Gasteiger charge is 1.96. The zero-order valence-corrected chi connectivity index (χ0v) is 8.12. The first-order chi connectivity index (χ1) is 6.18. The van der Waals surface area contributed by atoms with Crippen LogP contribution in [0.4, 0.5) is 5.82 Å². The maximum atomic E-state index is 5.61. The fourth-order valence-electron chi connectivity index (χ4n) is 0.983. The average molecular weight is 180 g/mol. The Hall–Kier alpha value is -1.16. The number of rotatable bonds is 4. The van der Waals surface area contributed by atoms with Gasteiger partial charge in [-0.2, -0.15) is 0 Å². The van der Waals surface area contributed by atoms with Crippen LogP contribution in [0.1, 0.15) is 19.2 Å². The number of hydrogen-bond donors (Lipinski definition) is 2. The van der Waals surface area contributed by atoms with Gasteiger partial charge >= 0.3 is 0 Å². The SMILES string of the molecule is Cc1nccc(NCCC(C)N)n1. The number of nitrogens with two attached hydrogens (primary N) is 1. The van der Waals surface area contributed by atoms with Crippen LogP contribution in [-0.4, -0.2) is 22.6 Å². The van der Waals surface area contributed by atoms with E-state index in [1.807, 2.05) is 19.9 Å². The van der Waals surface area contributed by atoms with Crippen molar-refractivity contribution in [2.24, 2.45) is 5.73 Å². The van der Waals surface area contributed by atoms with E-state index in [1.165, 1.54) is 0 Å². The Labute approximate surface area is 78.6 Å². The van der Waals surface area contributed by atoms with Gasteiger partial charge in [0, 0.05) is 18.8 Å². The maximum Gasteiger partial charge on any atom is 0.129 e. The Morgan fingerprint density at radius 1 is 1.62 bits per heavy atom. The second-order valence-corrected chi connectivity index (χ2v) is 3.18. The van der Waals surface area contributed by atoms with Gasteiger partial charge in [0.05, 0.1) is 0 Å². The molecule has 1 atom stereocenters. The molecule has 1 unspecified atom stereocenters. The first-order valence-electron chi connectivity index (χ1n) is 4.47. The highest BCUT2D eigenvalue weighted by Crippen LogP contribution is 2.00. The quantitative estimate of drug-likeness (QED) is 0.723. The molecule has 0 saturated heterocycles. The molecular weight excluding hydrogens is 164 g/mol. The van der Waals surface area contributed by atoms with Crippen LogP contribution in [0, 0.1) is 6.92 Å². The fraction of sp³-hybridized carbons (Fsp3) is 0.556. The average Bonchev–Trinajstić information content (AvgIpc) is 2.03. The molecule has 1 aromatic heterocycles. The molecular formula is C9H16N4. The smallest absolute Gasteiger partial charge is 0.129 e. The van der Waals surface area contributed by atoms with Crippen molar-refractivity contribution < 1.29 is 0 Å². The van der Waals surface area contributed by atoms with E-state index in [1.54, 1.807) is 6.20 Å². The summed E-state index contributed by atoms with van der Waals surface area (Å²) in [5, 5.41) is 3.19. The molecule has 4 nitrogen and oxygen atoms in total. The van der Waals surface area contributed by atoms with Crippen molar-refractivity contribution in [2.45, 2.75) is 26.3 Å². The molecule has 3 N–H and O–H groups in total. The minimum atomic E-state index is 0.232. The number of aromatic nitrogens is 2. The maximum absolute atomic E-state index is 5.61. The van der Waals surface area contributed by atoms with Gasteiger partial charge < -0.3 is 11.1 Å². The van der Waals surface area contributed by atoms with Crippen LogP contribution in [0.5, 0.6) is 0 Å². The van der Waals surface area contributed by atoms with Gasteiger partial charge in [-0.15, -0.1) is 0 Å². The highest BCUT2D eigenvalue weighted by molar-refractivity contribution is 5.32. The van der Waals surface area contributed by atoms with Gasteiger partial charge in [-0.3, -0.25) is 0 Å². The standard InChI is InChI=1S/C9H16N4/c1-7(10)3-5-12-9-4-6-11-8(2)13-9/h4,6-7H,3,5,10H2,1-2H3,(H,11,12,13). The number of aryl methyl sites for hydroxylation is 1. The second-order valence-electron chi connectivity index (χ2n) is 3.18. The third-order valence-corrected chi connectivity index (χ3v) is 1.68. The summed E-state index contributed by atoms with van der Waals surface area (Å²) in [6.45, 7) is 4.72. The number of nitrogens with one attached hydrogen (secondary N) is 1. The summed E-state index contributed by atoms with van der Waals surface area (Å²) >= 11 is 0. The van der Waals surface area contributed by atoms with E-state index in [-0.39, 0.29) is 6.04 Å². The molecule has 0 bridgehead atoms. The number of anilines is 1. The van der Waals surface area contributed by atoms with Gasteiger partial charge in [-0.25, -0.2) is 9.97 Å². The summed E-state index contributed by atoms with van der Waals surface area (Å²) in [7, 11) is 0. The third-order valence-electron chi connectivity index (χ3n) is 1.68. The largest absolute Gasteiger partial charge is 0.370 e. The summed E-state index contributed by atoms with van der Waals surface area (Å²) in [6, 6.07) is 2.09. The monoisotopic (exact) mass is 180 g/mol. The molecule has 0 aromatic carbocycles. The minimum Gasteiger partial charge on any atom is -0.370 e. The predicted octanol–water partition coefficient (Wildman–Crippen LogP) is 0.934. The van der Waals surface area contributed by atoms with Gasteiger partial charge in [0.2, 0.25) is 0 Å². The second kappa shape index (κ2) is 4.77. The van der Waals surface area contributed by atoms with E-state index in [0.29, 0.717) is 0 Å². The third kappa shape index (κ3) is 3.85. The molecule has 0 aliphatic heterocycles. The van der Waals surface area contributed by atoms with E-state index >= 15 is 0 Å². The normalized spacial score (nSPS) is 12.5. The zero-order chi connectivity index (χ0) is 9.68. The van der Waals surface area contributed by atoms with Crippen molar-refractivity contribution in [1.82, 2.24) is 9.97 Å². The van der Waals surface area contributed by atoms with Crippen LogP contribution < -0.4 is 11.1 Å². The van der Waals surface area contributed by atoms with Gasteiger partial charge in [0.25, 0.3) is 0 Å². The van der Waals surface area contributed by atoms with Gasteiger partial charge in [-0.05, 0) is 26.3 Å². The molecule has 1 aromatic rings. The Morgan fingerprint density at radius 3 is 3.00 bits per heavy atom. The van der Waals surface area contributed by atoms with Crippen molar-refractivity contribution in [3.8, 4) is 0 Å². The molecule has 4 heteroatoms. The first-order valence-corrected chi connectivity index (χ1v) is 4.47. The lowest BCUT2D eigenvalue weighted by atomic mass is 10.2. The predicted molar refractivity (Wildman–Crippen MR) is 53.5 cm³/mol. The van der Waals surface area contributed by atoms with Crippen molar-refractivity contribution >= 4 is 5.82 Å². The lowest BCUT2D eigenvalue weighted by Crippen LogP contribution is -2.19. The molecule has 13 heavy (non-hydrogen) atoms. The summed E-state index contributed by atoms with van der Waals surface area (Å²) in [6.07, 6.45) is 2.69. The Kier molecular flexibility index (Phi) is 3.64. The minimum absolute atomic E-state index is 0.232. The molecule has 0 saturated carbocycles.